The van der Waals surface area contributed by atoms with Crippen LogP contribution in [0.4, 0.5) is 5.69 Å². The van der Waals surface area contributed by atoms with Crippen LogP contribution in [0.15, 0.2) is 77.6 Å². The fraction of sp³-hybridized carbons (Fsp3) is 0.217. The second kappa shape index (κ2) is 11.5. The second-order valence-corrected chi connectivity index (χ2v) is 9.03. The second-order valence-electron chi connectivity index (χ2n) is 6.58. The lowest BCUT2D eigenvalue weighted by Crippen LogP contribution is -2.45. The number of sulfonamides is 1. The number of anilines is 1. The van der Waals surface area contributed by atoms with Crippen LogP contribution in [0.5, 0.6) is 0 Å². The molecule has 2 aromatic rings. The van der Waals surface area contributed by atoms with Crippen LogP contribution in [0.2, 0.25) is 0 Å². The van der Waals surface area contributed by atoms with Gasteiger partial charge in [0.25, 0.3) is 10.0 Å². The molecule has 0 aliphatic carbocycles. The molecule has 2 rings (SSSR count). The number of nitrogens with zero attached hydrogens (tertiary/aromatic N) is 1. The zero-order chi connectivity index (χ0) is 22.9. The Bertz CT molecular complexity index is 1030. The van der Waals surface area contributed by atoms with E-state index in [1.807, 2.05) is 29.2 Å². The van der Waals surface area contributed by atoms with Crippen LogP contribution in [-0.2, 0) is 19.6 Å². The van der Waals surface area contributed by atoms with E-state index in [-0.39, 0.29) is 6.42 Å². The van der Waals surface area contributed by atoms with E-state index < -0.39 is 27.8 Å². The summed E-state index contributed by atoms with van der Waals surface area (Å²) in [7, 11) is -4.07. The highest BCUT2D eigenvalue weighted by Gasteiger charge is 2.31. The average Bonchev–Trinajstić information content (AvgIpc) is 2.77. The summed E-state index contributed by atoms with van der Waals surface area (Å²) in [4.78, 5) is 28.4. The van der Waals surface area contributed by atoms with Crippen molar-refractivity contribution in [2.24, 2.45) is 5.92 Å². The number of carbonyl (C=O) groups is 2. The van der Waals surface area contributed by atoms with Crippen LogP contribution in [0.1, 0.15) is 18.9 Å². The van der Waals surface area contributed by atoms with Gasteiger partial charge in [-0.15, -0.1) is 18.3 Å². The maximum Gasteiger partial charge on any atom is 0.257 e. The van der Waals surface area contributed by atoms with Gasteiger partial charge in [0.1, 0.15) is 5.92 Å². The molecule has 8 heteroatoms. The third kappa shape index (κ3) is 7.11. The molecule has 0 aliphatic heterocycles. The number of nitrogens with one attached hydrogen (secondary N) is 1. The fourth-order valence-electron chi connectivity index (χ4n) is 2.88. The number of rotatable bonds is 10. The lowest BCUT2D eigenvalue weighted by atomic mass is 10.0. The molecule has 0 fully saturated rings. The summed E-state index contributed by atoms with van der Waals surface area (Å²) < 4.78 is 26.7. The number of amides is 2. The molecule has 2 aromatic carbocycles. The number of hydrogen-bond acceptors (Lipinski definition) is 5. The van der Waals surface area contributed by atoms with E-state index in [2.05, 4.69) is 6.58 Å². The minimum Gasteiger partial charge on any atom is -0.312 e. The van der Waals surface area contributed by atoms with E-state index in [0.717, 1.165) is 10.3 Å². The molecule has 0 saturated heterocycles. The van der Waals surface area contributed by atoms with Crippen LogP contribution in [0, 0.1) is 5.92 Å². The van der Waals surface area contributed by atoms with Gasteiger partial charge >= 0.3 is 0 Å². The van der Waals surface area contributed by atoms with E-state index in [9.17, 15) is 18.0 Å². The van der Waals surface area contributed by atoms with Gasteiger partial charge in [0.15, 0.2) is 0 Å². The Morgan fingerprint density at radius 2 is 1.77 bits per heavy atom. The lowest BCUT2D eigenvalue weighted by Gasteiger charge is -2.25. The third-order valence-corrected chi connectivity index (χ3v) is 6.19. The molecular weight excluding hydrogens is 432 g/mol. The van der Waals surface area contributed by atoms with Crippen LogP contribution in [0.3, 0.4) is 0 Å². The summed E-state index contributed by atoms with van der Waals surface area (Å²) in [6.45, 7) is 5.73. The number of thioether (sulfide) groups is 1. The molecule has 0 heterocycles. The molecule has 0 saturated carbocycles. The van der Waals surface area contributed by atoms with Crippen molar-refractivity contribution >= 4 is 45.4 Å². The first-order valence-electron chi connectivity index (χ1n) is 9.67. The van der Waals surface area contributed by atoms with E-state index in [1.165, 1.54) is 17.1 Å². The van der Waals surface area contributed by atoms with Crippen LogP contribution >= 0.6 is 11.8 Å². The van der Waals surface area contributed by atoms with Crippen LogP contribution < -0.4 is 9.62 Å². The van der Waals surface area contributed by atoms with E-state index >= 15 is 0 Å². The van der Waals surface area contributed by atoms with Crippen LogP contribution in [-0.4, -0.2) is 33.0 Å². The molecule has 0 aromatic heterocycles. The maximum atomic E-state index is 13.1. The van der Waals surface area contributed by atoms with Gasteiger partial charge in [0.2, 0.25) is 11.8 Å². The molecule has 6 nitrogen and oxygen atoms in total. The van der Waals surface area contributed by atoms with Crippen molar-refractivity contribution in [3.63, 3.8) is 0 Å². The summed E-state index contributed by atoms with van der Waals surface area (Å²) in [5.74, 6) is -2.58. The van der Waals surface area contributed by atoms with E-state index in [4.69, 9.17) is 0 Å². The minimum atomic E-state index is -4.07. The van der Waals surface area contributed by atoms with E-state index in [0.29, 0.717) is 17.8 Å². The minimum absolute atomic E-state index is 0.0159. The first-order valence-corrected chi connectivity index (χ1v) is 12.4. The monoisotopic (exact) mass is 458 g/mol. The highest BCUT2D eigenvalue weighted by atomic mass is 32.2. The average molecular weight is 459 g/mol. The van der Waals surface area contributed by atoms with Gasteiger partial charge in [0, 0.05) is 17.1 Å². The van der Waals surface area contributed by atoms with Crippen molar-refractivity contribution in [3.05, 3.63) is 78.2 Å². The first-order chi connectivity index (χ1) is 14.8. The van der Waals surface area contributed by atoms with Crippen molar-refractivity contribution in [1.29, 1.82) is 0 Å². The third-order valence-electron chi connectivity index (χ3n) is 4.47. The van der Waals surface area contributed by atoms with Gasteiger partial charge < -0.3 is 4.90 Å². The Hall–Kier alpha value is -2.84. The smallest absolute Gasteiger partial charge is 0.257 e. The van der Waals surface area contributed by atoms with Crippen molar-refractivity contribution in [2.75, 3.05) is 17.7 Å². The Morgan fingerprint density at radius 3 is 2.32 bits per heavy atom. The molecule has 0 bridgehead atoms. The van der Waals surface area contributed by atoms with Gasteiger partial charge in [-0.1, -0.05) is 36.4 Å². The predicted molar refractivity (Wildman–Crippen MR) is 127 cm³/mol. The molecule has 2 amide bonds. The zero-order valence-corrected chi connectivity index (χ0v) is 19.2. The molecule has 31 heavy (non-hydrogen) atoms. The molecule has 164 valence electrons. The molecular formula is C23H26N2O4S2. The largest absolute Gasteiger partial charge is 0.312 e. The Balaban J connectivity index is 2.19. The van der Waals surface area contributed by atoms with Gasteiger partial charge in [-0.2, -0.15) is 0 Å². The summed E-state index contributed by atoms with van der Waals surface area (Å²) in [5.41, 5.74) is 1.31. The lowest BCUT2D eigenvalue weighted by molar-refractivity contribution is -0.132. The Kier molecular flexibility index (Phi) is 9.08. The first kappa shape index (κ1) is 24.4. The predicted octanol–water partition coefficient (Wildman–Crippen LogP) is 4.07. The normalized spacial score (nSPS) is 12.3. The Morgan fingerprint density at radius 1 is 1.13 bits per heavy atom. The molecule has 1 unspecified atom stereocenters. The van der Waals surface area contributed by atoms with Crippen molar-refractivity contribution in [3.8, 4) is 0 Å². The molecule has 0 aliphatic rings. The van der Waals surface area contributed by atoms with E-state index in [1.54, 1.807) is 55.1 Å². The molecule has 0 spiro atoms. The number of allylic oxidation sites excluding steroid dienone is 1. The van der Waals surface area contributed by atoms with Gasteiger partial charge in [0.05, 0.1) is 5.41 Å². The summed E-state index contributed by atoms with van der Waals surface area (Å²) in [6, 6.07) is 16.2. The SMILES string of the molecule is C=CCC(C(=O)NS(=O)(=O)/C=C/c1ccccc1)C(=O)N(CC)c1ccc(SC)cc1. The number of hydrogen-bond donors (Lipinski definition) is 1. The molecule has 1 atom stereocenters. The van der Waals surface area contributed by atoms with Gasteiger partial charge in [-0.25, -0.2) is 13.1 Å². The van der Waals surface area contributed by atoms with Gasteiger partial charge in [-0.05, 0) is 55.5 Å². The number of benzene rings is 2. The van der Waals surface area contributed by atoms with Gasteiger partial charge in [-0.3, -0.25) is 9.59 Å². The quantitative estimate of drug-likeness (QED) is 0.330. The standard InChI is InChI=1S/C23H26N2O4S2/c1-4-9-21(23(27)25(5-2)19-12-14-20(30-3)15-13-19)22(26)24-31(28,29)17-16-18-10-7-6-8-11-18/h4,6-8,10-17,21H,1,5,9H2,2-3H3,(H,24,26)/b17-16+. The molecule has 0 radical (unpaired) electrons. The highest BCUT2D eigenvalue weighted by molar-refractivity contribution is 7.98. The van der Waals surface area contributed by atoms with Crippen molar-refractivity contribution in [2.45, 2.75) is 18.2 Å². The van der Waals surface area contributed by atoms with Crippen molar-refractivity contribution in [1.82, 2.24) is 4.72 Å². The summed E-state index contributed by atoms with van der Waals surface area (Å²) >= 11 is 1.58. The Labute approximate surface area is 188 Å². The van der Waals surface area contributed by atoms with Crippen LogP contribution in [0.25, 0.3) is 6.08 Å². The fourth-order valence-corrected chi connectivity index (χ4v) is 4.12. The topological polar surface area (TPSA) is 83.5 Å². The zero-order valence-electron chi connectivity index (χ0n) is 17.5. The van der Waals surface area contributed by atoms with Crippen molar-refractivity contribution < 1.29 is 18.0 Å². The summed E-state index contributed by atoms with van der Waals surface area (Å²) in [5, 5.41) is 0.911. The maximum absolute atomic E-state index is 13.1. The molecule has 1 N–H and O–H groups in total. The summed E-state index contributed by atoms with van der Waals surface area (Å²) in [6.07, 6.45) is 4.78. The highest BCUT2D eigenvalue weighted by Crippen LogP contribution is 2.23. The number of carbonyl (C=O) groups excluding carboxylic acids is 2.